The number of ether oxygens (including phenoxy) is 1. The normalized spacial score (nSPS) is 26.8. The predicted octanol–water partition coefficient (Wildman–Crippen LogP) is 2.09. The lowest BCUT2D eigenvalue weighted by Gasteiger charge is -2.24. The number of carbonyl (C=O) groups excluding carboxylic acids is 1. The van der Waals surface area contributed by atoms with E-state index in [1.807, 2.05) is 31.2 Å². The number of hydrogen-bond acceptors (Lipinski definition) is 3. The molecule has 2 fully saturated rings. The summed E-state index contributed by atoms with van der Waals surface area (Å²) in [6, 6.07) is 6.79. The van der Waals surface area contributed by atoms with E-state index in [0.29, 0.717) is 18.2 Å². The first-order chi connectivity index (χ1) is 10.6. The largest absolute Gasteiger partial charge is 0.484 e. The van der Waals surface area contributed by atoms with Crippen molar-refractivity contribution in [2.24, 2.45) is 11.8 Å². The maximum Gasteiger partial charge on any atom is 0.326 e. The summed E-state index contributed by atoms with van der Waals surface area (Å²) < 4.78 is 5.50. The molecule has 1 aromatic carbocycles. The zero-order valence-electron chi connectivity index (χ0n) is 12.7. The Morgan fingerprint density at radius 3 is 2.68 bits per heavy atom. The standard InChI is InChI=1S/C17H21NO4/c1-11-5-7-13(8-6-11)22-10-15(19)18-9-12-3-2-4-14(12)16(18)17(20)21/h5-8,12,14,16H,2-4,9-10H2,1H3,(H,20,21). The molecule has 1 saturated heterocycles. The van der Waals surface area contributed by atoms with Crippen LogP contribution in [0.1, 0.15) is 24.8 Å². The number of aliphatic carboxylic acids is 1. The molecule has 1 aromatic rings. The van der Waals surface area contributed by atoms with Crippen molar-refractivity contribution < 1.29 is 19.4 Å². The molecule has 3 unspecified atom stereocenters. The second-order valence-corrected chi connectivity index (χ2v) is 6.29. The first kappa shape index (κ1) is 14.9. The molecule has 22 heavy (non-hydrogen) atoms. The summed E-state index contributed by atoms with van der Waals surface area (Å²) in [6.45, 7) is 2.43. The number of hydrogen-bond donors (Lipinski definition) is 1. The van der Waals surface area contributed by atoms with Gasteiger partial charge in [0.25, 0.3) is 5.91 Å². The monoisotopic (exact) mass is 303 g/mol. The van der Waals surface area contributed by atoms with Crippen molar-refractivity contribution in [1.82, 2.24) is 4.90 Å². The predicted molar refractivity (Wildman–Crippen MR) is 80.6 cm³/mol. The van der Waals surface area contributed by atoms with Gasteiger partial charge in [-0.3, -0.25) is 4.79 Å². The molecular formula is C17H21NO4. The molecule has 5 nitrogen and oxygen atoms in total. The molecule has 1 heterocycles. The summed E-state index contributed by atoms with van der Waals surface area (Å²) in [5, 5.41) is 9.46. The van der Waals surface area contributed by atoms with Crippen molar-refractivity contribution in [2.75, 3.05) is 13.2 Å². The summed E-state index contributed by atoms with van der Waals surface area (Å²) in [6.07, 6.45) is 3.00. The van der Waals surface area contributed by atoms with E-state index in [4.69, 9.17) is 4.74 Å². The van der Waals surface area contributed by atoms with E-state index < -0.39 is 12.0 Å². The maximum atomic E-state index is 12.4. The lowest BCUT2D eigenvalue weighted by molar-refractivity contribution is -0.150. The molecule has 2 aliphatic rings. The van der Waals surface area contributed by atoms with Crippen LogP contribution in [0.25, 0.3) is 0 Å². The Labute approximate surface area is 129 Å². The number of amides is 1. The van der Waals surface area contributed by atoms with Crippen LogP contribution in [0.3, 0.4) is 0 Å². The van der Waals surface area contributed by atoms with Crippen molar-refractivity contribution in [2.45, 2.75) is 32.2 Å². The zero-order valence-corrected chi connectivity index (χ0v) is 12.7. The topological polar surface area (TPSA) is 66.8 Å². The average molecular weight is 303 g/mol. The molecule has 0 spiro atoms. The van der Waals surface area contributed by atoms with Crippen LogP contribution in [0.5, 0.6) is 5.75 Å². The summed E-state index contributed by atoms with van der Waals surface area (Å²) in [5.74, 6) is -0.0454. The molecule has 3 atom stereocenters. The quantitative estimate of drug-likeness (QED) is 0.925. The molecule has 118 valence electrons. The molecule has 1 N–H and O–H groups in total. The number of rotatable bonds is 4. The molecule has 3 rings (SSSR count). The fourth-order valence-electron chi connectivity index (χ4n) is 3.74. The summed E-state index contributed by atoms with van der Waals surface area (Å²) >= 11 is 0. The molecule has 0 bridgehead atoms. The van der Waals surface area contributed by atoms with Gasteiger partial charge in [0.1, 0.15) is 11.8 Å². The van der Waals surface area contributed by atoms with Crippen molar-refractivity contribution in [1.29, 1.82) is 0 Å². The van der Waals surface area contributed by atoms with Crippen molar-refractivity contribution in [3.63, 3.8) is 0 Å². The van der Waals surface area contributed by atoms with Gasteiger partial charge in [-0.25, -0.2) is 4.79 Å². The van der Waals surface area contributed by atoms with E-state index in [2.05, 4.69) is 0 Å². The number of carbonyl (C=O) groups is 2. The van der Waals surface area contributed by atoms with E-state index in [0.717, 1.165) is 24.8 Å². The smallest absolute Gasteiger partial charge is 0.326 e. The third-order valence-corrected chi connectivity index (χ3v) is 4.85. The maximum absolute atomic E-state index is 12.4. The highest BCUT2D eigenvalue weighted by Crippen LogP contribution is 2.42. The summed E-state index contributed by atoms with van der Waals surface area (Å²) in [7, 11) is 0. The average Bonchev–Trinajstić information content (AvgIpc) is 3.06. The van der Waals surface area contributed by atoms with Crippen LogP contribution < -0.4 is 4.74 Å². The minimum Gasteiger partial charge on any atom is -0.484 e. The van der Waals surface area contributed by atoms with Crippen LogP contribution in [0.2, 0.25) is 0 Å². The Morgan fingerprint density at radius 1 is 1.27 bits per heavy atom. The molecule has 1 saturated carbocycles. The van der Waals surface area contributed by atoms with Gasteiger partial charge in [-0.1, -0.05) is 24.1 Å². The molecule has 1 aliphatic carbocycles. The lowest BCUT2D eigenvalue weighted by Crippen LogP contribution is -2.45. The highest BCUT2D eigenvalue weighted by atomic mass is 16.5. The van der Waals surface area contributed by atoms with Gasteiger partial charge in [-0.05, 0) is 43.7 Å². The number of carboxylic acid groups (broad SMARTS) is 1. The van der Waals surface area contributed by atoms with Crippen LogP contribution in [-0.2, 0) is 9.59 Å². The minimum atomic E-state index is -0.891. The van der Waals surface area contributed by atoms with Gasteiger partial charge in [0.2, 0.25) is 0 Å². The van der Waals surface area contributed by atoms with Gasteiger partial charge >= 0.3 is 5.97 Å². The van der Waals surface area contributed by atoms with Crippen LogP contribution in [0.4, 0.5) is 0 Å². The van der Waals surface area contributed by atoms with E-state index in [1.165, 1.54) is 4.90 Å². The Morgan fingerprint density at radius 2 is 2.00 bits per heavy atom. The van der Waals surface area contributed by atoms with Gasteiger partial charge in [0, 0.05) is 6.54 Å². The summed E-state index contributed by atoms with van der Waals surface area (Å²) in [4.78, 5) is 25.4. The molecule has 1 aliphatic heterocycles. The molecule has 0 aromatic heterocycles. The Bertz CT molecular complexity index is 569. The SMILES string of the molecule is Cc1ccc(OCC(=O)N2CC3CCCC3C2C(=O)O)cc1. The van der Waals surface area contributed by atoms with E-state index in [1.54, 1.807) is 0 Å². The van der Waals surface area contributed by atoms with Crippen molar-refractivity contribution >= 4 is 11.9 Å². The summed E-state index contributed by atoms with van der Waals surface area (Å²) in [5.41, 5.74) is 1.12. The lowest BCUT2D eigenvalue weighted by atomic mass is 9.94. The van der Waals surface area contributed by atoms with Crippen LogP contribution >= 0.6 is 0 Å². The van der Waals surface area contributed by atoms with E-state index in [-0.39, 0.29) is 18.4 Å². The van der Waals surface area contributed by atoms with Gasteiger partial charge in [-0.15, -0.1) is 0 Å². The van der Waals surface area contributed by atoms with Crippen LogP contribution in [-0.4, -0.2) is 41.1 Å². The Balaban J connectivity index is 1.64. The van der Waals surface area contributed by atoms with Gasteiger partial charge in [0.15, 0.2) is 6.61 Å². The van der Waals surface area contributed by atoms with Crippen LogP contribution in [0, 0.1) is 18.8 Å². The Kier molecular flexibility index (Phi) is 4.05. The number of carboxylic acids is 1. The zero-order chi connectivity index (χ0) is 15.7. The van der Waals surface area contributed by atoms with E-state index in [9.17, 15) is 14.7 Å². The second kappa shape index (κ2) is 5.99. The highest BCUT2D eigenvalue weighted by Gasteiger charge is 2.49. The first-order valence-corrected chi connectivity index (χ1v) is 7.78. The number of fused-ring (bicyclic) bond motifs is 1. The first-order valence-electron chi connectivity index (χ1n) is 7.78. The third-order valence-electron chi connectivity index (χ3n) is 4.85. The molecular weight excluding hydrogens is 282 g/mol. The molecule has 0 radical (unpaired) electrons. The van der Waals surface area contributed by atoms with Gasteiger partial charge in [0.05, 0.1) is 0 Å². The second-order valence-electron chi connectivity index (χ2n) is 6.29. The van der Waals surface area contributed by atoms with Crippen molar-refractivity contribution in [3.8, 4) is 5.75 Å². The van der Waals surface area contributed by atoms with Gasteiger partial charge in [-0.2, -0.15) is 0 Å². The highest BCUT2D eigenvalue weighted by molar-refractivity contribution is 5.85. The molecule has 1 amide bonds. The Hall–Kier alpha value is -2.04. The molecule has 5 heteroatoms. The number of nitrogens with zero attached hydrogens (tertiary/aromatic N) is 1. The number of benzene rings is 1. The van der Waals surface area contributed by atoms with Crippen LogP contribution in [0.15, 0.2) is 24.3 Å². The number of likely N-dealkylation sites (tertiary alicyclic amines) is 1. The fraction of sp³-hybridized carbons (Fsp3) is 0.529. The number of aryl methyl sites for hydroxylation is 1. The van der Waals surface area contributed by atoms with Gasteiger partial charge < -0.3 is 14.7 Å². The third kappa shape index (κ3) is 2.80. The van der Waals surface area contributed by atoms with E-state index >= 15 is 0 Å². The fourth-order valence-corrected chi connectivity index (χ4v) is 3.74. The van der Waals surface area contributed by atoms with Crippen molar-refractivity contribution in [3.05, 3.63) is 29.8 Å². The minimum absolute atomic E-state index is 0.105.